The number of nitro groups is 1. The van der Waals surface area contributed by atoms with Gasteiger partial charge in [-0.1, -0.05) is 0 Å². The van der Waals surface area contributed by atoms with E-state index in [9.17, 15) is 14.9 Å². The molecule has 2 N–H and O–H groups in total. The molecule has 0 spiro atoms. The van der Waals surface area contributed by atoms with Crippen LogP contribution in [-0.4, -0.2) is 51.4 Å². The normalized spacial score (nSPS) is 11.8. The van der Waals surface area contributed by atoms with Crippen molar-refractivity contribution in [2.45, 2.75) is 6.10 Å². The van der Waals surface area contributed by atoms with Gasteiger partial charge >= 0.3 is 0 Å². The molecule has 0 radical (unpaired) electrons. The molecule has 8 heteroatoms. The van der Waals surface area contributed by atoms with Crippen molar-refractivity contribution in [2.75, 3.05) is 39.7 Å². The predicted molar refractivity (Wildman–Crippen MR) is 77.6 cm³/mol. The standard InChI is InChI=1S/C13H19N3O5/c1-14-9-4-5-12(16(18)19)11(6-9)13(17)15-7-10(21-3)8-20-2/h4-6,10,14H,7-8H2,1-3H3,(H,15,17). The van der Waals surface area contributed by atoms with E-state index in [1.54, 1.807) is 7.05 Å². The third-order valence-electron chi connectivity index (χ3n) is 2.90. The summed E-state index contributed by atoms with van der Waals surface area (Å²) in [5.74, 6) is -0.531. The average Bonchev–Trinajstić information content (AvgIpc) is 2.50. The summed E-state index contributed by atoms with van der Waals surface area (Å²) in [4.78, 5) is 22.5. The highest BCUT2D eigenvalue weighted by atomic mass is 16.6. The molecule has 1 unspecified atom stereocenters. The van der Waals surface area contributed by atoms with Gasteiger partial charge in [-0.05, 0) is 12.1 Å². The van der Waals surface area contributed by atoms with Gasteiger partial charge < -0.3 is 20.1 Å². The summed E-state index contributed by atoms with van der Waals surface area (Å²) in [6.07, 6.45) is -0.314. The van der Waals surface area contributed by atoms with E-state index >= 15 is 0 Å². The van der Waals surface area contributed by atoms with Crippen LogP contribution in [0.3, 0.4) is 0 Å². The Hall–Kier alpha value is -2.19. The number of carbonyl (C=O) groups excluding carboxylic acids is 1. The molecule has 0 heterocycles. The lowest BCUT2D eigenvalue weighted by atomic mass is 10.1. The molecule has 0 aliphatic rings. The van der Waals surface area contributed by atoms with E-state index in [2.05, 4.69) is 10.6 Å². The number of nitrogens with zero attached hydrogens (tertiary/aromatic N) is 1. The van der Waals surface area contributed by atoms with Crippen molar-refractivity contribution < 1.29 is 19.2 Å². The van der Waals surface area contributed by atoms with Crippen LogP contribution >= 0.6 is 0 Å². The molecule has 0 aliphatic carbocycles. The van der Waals surface area contributed by atoms with Crippen molar-refractivity contribution in [3.8, 4) is 0 Å². The first kappa shape index (κ1) is 16.9. The van der Waals surface area contributed by atoms with Crippen LogP contribution in [0.4, 0.5) is 11.4 Å². The summed E-state index contributed by atoms with van der Waals surface area (Å²) < 4.78 is 10.1. The van der Waals surface area contributed by atoms with Crippen LogP contribution in [0.2, 0.25) is 0 Å². The number of benzene rings is 1. The summed E-state index contributed by atoms with van der Waals surface area (Å²) in [6.45, 7) is 0.513. The van der Waals surface area contributed by atoms with Gasteiger partial charge in [0.2, 0.25) is 0 Å². The highest BCUT2D eigenvalue weighted by molar-refractivity contribution is 5.99. The maximum Gasteiger partial charge on any atom is 0.282 e. The van der Waals surface area contributed by atoms with Gasteiger partial charge in [0.05, 0.1) is 17.6 Å². The molecule has 0 bridgehead atoms. The van der Waals surface area contributed by atoms with Gasteiger partial charge in [-0.25, -0.2) is 0 Å². The van der Waals surface area contributed by atoms with Crippen molar-refractivity contribution in [1.29, 1.82) is 0 Å². The average molecular weight is 297 g/mol. The zero-order chi connectivity index (χ0) is 15.8. The summed E-state index contributed by atoms with van der Waals surface area (Å²) >= 11 is 0. The molecule has 0 fully saturated rings. The number of amides is 1. The number of hydrogen-bond donors (Lipinski definition) is 2. The number of anilines is 1. The number of carbonyl (C=O) groups is 1. The summed E-state index contributed by atoms with van der Waals surface area (Å²) in [5, 5.41) is 16.4. The molecule has 0 aliphatic heterocycles. The molecule has 1 atom stereocenters. The quantitative estimate of drug-likeness (QED) is 0.548. The maximum atomic E-state index is 12.1. The molecule has 0 saturated heterocycles. The van der Waals surface area contributed by atoms with Crippen LogP contribution in [-0.2, 0) is 9.47 Å². The predicted octanol–water partition coefficient (Wildman–Crippen LogP) is 1.03. The fraction of sp³-hybridized carbons (Fsp3) is 0.462. The highest BCUT2D eigenvalue weighted by Gasteiger charge is 2.21. The van der Waals surface area contributed by atoms with E-state index in [1.165, 1.54) is 32.4 Å². The minimum absolute atomic E-state index is 0.000815. The first-order valence-electron chi connectivity index (χ1n) is 6.29. The van der Waals surface area contributed by atoms with Gasteiger partial charge in [-0.15, -0.1) is 0 Å². The molecule has 116 valence electrons. The topological polar surface area (TPSA) is 103 Å². The van der Waals surface area contributed by atoms with Crippen LogP contribution < -0.4 is 10.6 Å². The Morgan fingerprint density at radius 3 is 2.67 bits per heavy atom. The summed E-state index contributed by atoms with van der Waals surface area (Å²) in [7, 11) is 4.69. The van der Waals surface area contributed by atoms with Gasteiger partial charge in [0.1, 0.15) is 5.56 Å². The van der Waals surface area contributed by atoms with Crippen molar-refractivity contribution in [1.82, 2.24) is 5.32 Å². The minimum atomic E-state index is -0.586. The lowest BCUT2D eigenvalue weighted by Gasteiger charge is -2.15. The zero-order valence-electron chi connectivity index (χ0n) is 12.2. The third-order valence-corrected chi connectivity index (χ3v) is 2.90. The van der Waals surface area contributed by atoms with E-state index in [0.29, 0.717) is 12.3 Å². The largest absolute Gasteiger partial charge is 0.388 e. The van der Waals surface area contributed by atoms with E-state index in [1.807, 2.05) is 0 Å². The van der Waals surface area contributed by atoms with E-state index in [4.69, 9.17) is 9.47 Å². The molecule has 8 nitrogen and oxygen atoms in total. The fourth-order valence-electron chi connectivity index (χ4n) is 1.73. The Morgan fingerprint density at radius 2 is 2.14 bits per heavy atom. The van der Waals surface area contributed by atoms with E-state index in [-0.39, 0.29) is 23.9 Å². The number of ether oxygens (including phenoxy) is 2. The van der Waals surface area contributed by atoms with Gasteiger partial charge in [-0.2, -0.15) is 0 Å². The summed E-state index contributed by atoms with van der Waals surface area (Å²) in [6, 6.07) is 4.27. The lowest BCUT2D eigenvalue weighted by Crippen LogP contribution is -2.35. The van der Waals surface area contributed by atoms with E-state index < -0.39 is 10.8 Å². The second-order valence-corrected chi connectivity index (χ2v) is 4.26. The van der Waals surface area contributed by atoms with Crippen LogP contribution in [0.5, 0.6) is 0 Å². The third kappa shape index (κ3) is 4.69. The summed E-state index contributed by atoms with van der Waals surface area (Å²) in [5.41, 5.74) is 0.372. The van der Waals surface area contributed by atoms with Crippen LogP contribution in [0, 0.1) is 10.1 Å². The van der Waals surface area contributed by atoms with Gasteiger partial charge in [0.25, 0.3) is 11.6 Å². The first-order chi connectivity index (χ1) is 10.0. The molecule has 21 heavy (non-hydrogen) atoms. The van der Waals surface area contributed by atoms with Crippen LogP contribution in [0.25, 0.3) is 0 Å². The molecule has 1 aromatic carbocycles. The molecular weight excluding hydrogens is 278 g/mol. The van der Waals surface area contributed by atoms with Crippen molar-refractivity contribution >= 4 is 17.3 Å². The maximum absolute atomic E-state index is 12.1. The lowest BCUT2D eigenvalue weighted by molar-refractivity contribution is -0.385. The number of nitro benzene ring substituents is 1. The Kier molecular flexibility index (Phi) is 6.57. The monoisotopic (exact) mass is 297 g/mol. The molecule has 1 aromatic rings. The Bertz CT molecular complexity index is 507. The number of nitrogens with one attached hydrogen (secondary N) is 2. The second-order valence-electron chi connectivity index (χ2n) is 4.26. The molecule has 0 aromatic heterocycles. The van der Waals surface area contributed by atoms with Crippen molar-refractivity contribution in [2.24, 2.45) is 0 Å². The smallest absolute Gasteiger partial charge is 0.282 e. The van der Waals surface area contributed by atoms with Gasteiger partial charge in [0.15, 0.2) is 0 Å². The first-order valence-corrected chi connectivity index (χ1v) is 6.29. The Labute approximate surface area is 122 Å². The number of hydrogen-bond acceptors (Lipinski definition) is 6. The second kappa shape index (κ2) is 8.18. The van der Waals surface area contributed by atoms with E-state index in [0.717, 1.165) is 0 Å². The number of rotatable bonds is 8. The van der Waals surface area contributed by atoms with Gasteiger partial charge in [0, 0.05) is 39.6 Å². The van der Waals surface area contributed by atoms with Crippen molar-refractivity contribution in [3.63, 3.8) is 0 Å². The Morgan fingerprint density at radius 1 is 1.43 bits per heavy atom. The highest BCUT2D eigenvalue weighted by Crippen LogP contribution is 2.22. The van der Waals surface area contributed by atoms with Crippen molar-refractivity contribution in [3.05, 3.63) is 33.9 Å². The zero-order valence-corrected chi connectivity index (χ0v) is 12.2. The minimum Gasteiger partial charge on any atom is -0.388 e. The van der Waals surface area contributed by atoms with Gasteiger partial charge in [-0.3, -0.25) is 14.9 Å². The van der Waals surface area contributed by atoms with Crippen LogP contribution in [0.15, 0.2) is 18.2 Å². The number of methoxy groups -OCH3 is 2. The molecule has 1 amide bonds. The molecule has 1 rings (SSSR count). The fourth-order valence-corrected chi connectivity index (χ4v) is 1.73. The molecular formula is C13H19N3O5. The van der Waals surface area contributed by atoms with Crippen LogP contribution in [0.1, 0.15) is 10.4 Å². The molecule has 0 saturated carbocycles. The SMILES string of the molecule is CNc1ccc([N+](=O)[O-])c(C(=O)NCC(COC)OC)c1. The Balaban J connectivity index is 2.87.